The average molecular weight is 423 g/mol. The summed E-state index contributed by atoms with van der Waals surface area (Å²) in [6.07, 6.45) is 3.88. The fourth-order valence-electron chi connectivity index (χ4n) is 4.22. The molecule has 3 aliphatic rings. The summed E-state index contributed by atoms with van der Waals surface area (Å²) in [7, 11) is 1.68. The van der Waals surface area contributed by atoms with Crippen LogP contribution in [0.2, 0.25) is 0 Å². The summed E-state index contributed by atoms with van der Waals surface area (Å²) >= 11 is 0. The van der Waals surface area contributed by atoms with Crippen LogP contribution >= 0.6 is 0 Å². The van der Waals surface area contributed by atoms with Crippen molar-refractivity contribution < 1.29 is 19.1 Å². The Balaban J connectivity index is 1.68. The van der Waals surface area contributed by atoms with Gasteiger partial charge in [0, 0.05) is 39.8 Å². The summed E-state index contributed by atoms with van der Waals surface area (Å²) in [6, 6.07) is -0.890. The van der Waals surface area contributed by atoms with Crippen molar-refractivity contribution in [3.8, 4) is 0 Å². The third-order valence-corrected chi connectivity index (χ3v) is 5.90. The van der Waals surface area contributed by atoms with Gasteiger partial charge in [0.1, 0.15) is 0 Å². The van der Waals surface area contributed by atoms with E-state index in [2.05, 4.69) is 26.9 Å². The fraction of sp³-hybridized carbons (Fsp3) is 0.800. The number of guanidine groups is 1. The summed E-state index contributed by atoms with van der Waals surface area (Å²) < 4.78 is 5.04. The Morgan fingerprint density at radius 2 is 1.87 bits per heavy atom. The van der Waals surface area contributed by atoms with E-state index in [0.717, 1.165) is 51.3 Å². The standard InChI is InChI=1S/C20H34N6O4/c1-4-6-7-8-9-26-16-17(23(3)20(29)22-18(16)28)21-19(26)25-12-10-24(11-13-25)14-15(27)30-5-2/h16-17H,4-14H2,1-3H3,(H,22,28,29). The van der Waals surface area contributed by atoms with E-state index < -0.39 is 18.2 Å². The number of carbonyl (C=O) groups is 3. The van der Waals surface area contributed by atoms with Crippen LogP contribution in [0.15, 0.2) is 4.99 Å². The number of piperazine rings is 1. The molecular formula is C20H34N6O4. The van der Waals surface area contributed by atoms with Gasteiger partial charge in [-0.3, -0.25) is 19.8 Å². The van der Waals surface area contributed by atoms with Crippen molar-refractivity contribution in [2.24, 2.45) is 4.99 Å². The van der Waals surface area contributed by atoms with E-state index in [1.165, 1.54) is 4.90 Å². The highest BCUT2D eigenvalue weighted by atomic mass is 16.5. The molecule has 0 radical (unpaired) electrons. The molecule has 2 unspecified atom stereocenters. The number of hydrogen-bond acceptors (Lipinski definition) is 8. The van der Waals surface area contributed by atoms with E-state index in [1.807, 2.05) is 0 Å². The largest absolute Gasteiger partial charge is 0.465 e. The Hall–Kier alpha value is -2.36. The predicted octanol–water partition coefficient (Wildman–Crippen LogP) is 0.295. The molecule has 2 atom stereocenters. The number of unbranched alkanes of at least 4 members (excludes halogenated alkanes) is 3. The first-order valence-corrected chi connectivity index (χ1v) is 11.0. The molecule has 2 fully saturated rings. The van der Waals surface area contributed by atoms with Crippen LogP contribution in [0, 0.1) is 0 Å². The van der Waals surface area contributed by atoms with Gasteiger partial charge in [-0.25, -0.2) is 9.79 Å². The van der Waals surface area contributed by atoms with E-state index in [0.29, 0.717) is 26.2 Å². The number of likely N-dealkylation sites (N-methyl/N-ethyl adjacent to an activating group) is 1. The number of nitrogens with one attached hydrogen (secondary N) is 1. The van der Waals surface area contributed by atoms with E-state index in [4.69, 9.17) is 9.73 Å². The third-order valence-electron chi connectivity index (χ3n) is 5.90. The van der Waals surface area contributed by atoms with Crippen molar-refractivity contribution in [3.63, 3.8) is 0 Å². The van der Waals surface area contributed by atoms with Crippen molar-refractivity contribution in [1.29, 1.82) is 0 Å². The van der Waals surface area contributed by atoms with Crippen molar-refractivity contribution in [3.05, 3.63) is 0 Å². The second-order valence-electron chi connectivity index (χ2n) is 8.02. The van der Waals surface area contributed by atoms with E-state index >= 15 is 0 Å². The van der Waals surface area contributed by atoms with Crippen molar-refractivity contribution >= 4 is 23.9 Å². The molecule has 3 amide bonds. The Labute approximate surface area is 178 Å². The molecule has 2 saturated heterocycles. The Morgan fingerprint density at radius 1 is 1.13 bits per heavy atom. The zero-order chi connectivity index (χ0) is 21.7. The molecule has 3 rings (SSSR count). The van der Waals surface area contributed by atoms with E-state index in [-0.39, 0.29) is 11.9 Å². The molecule has 3 aliphatic heterocycles. The Kier molecular flexibility index (Phi) is 7.52. The van der Waals surface area contributed by atoms with Crippen LogP contribution in [0.3, 0.4) is 0 Å². The van der Waals surface area contributed by atoms with Crippen molar-refractivity contribution in [1.82, 2.24) is 24.9 Å². The first kappa shape index (κ1) is 22.3. The zero-order valence-corrected chi connectivity index (χ0v) is 18.3. The number of imide groups is 1. The summed E-state index contributed by atoms with van der Waals surface area (Å²) in [4.78, 5) is 49.1. The lowest BCUT2D eigenvalue weighted by atomic mass is 10.1. The summed E-state index contributed by atoms with van der Waals surface area (Å²) in [6.45, 7) is 8.25. The second kappa shape index (κ2) is 10.1. The molecule has 10 nitrogen and oxygen atoms in total. The maximum Gasteiger partial charge on any atom is 0.325 e. The number of fused-ring (bicyclic) bond motifs is 1. The molecule has 30 heavy (non-hydrogen) atoms. The van der Waals surface area contributed by atoms with E-state index in [9.17, 15) is 14.4 Å². The smallest absolute Gasteiger partial charge is 0.325 e. The number of nitrogens with zero attached hydrogens (tertiary/aromatic N) is 5. The first-order valence-electron chi connectivity index (χ1n) is 11.0. The van der Waals surface area contributed by atoms with E-state index in [1.54, 1.807) is 14.0 Å². The second-order valence-corrected chi connectivity index (χ2v) is 8.02. The summed E-state index contributed by atoms with van der Waals surface area (Å²) in [5.41, 5.74) is 0. The van der Waals surface area contributed by atoms with Crippen LogP contribution in [0.1, 0.15) is 39.5 Å². The maximum atomic E-state index is 12.6. The molecule has 1 N–H and O–H groups in total. The molecule has 0 bridgehead atoms. The molecule has 0 aromatic heterocycles. The molecule has 0 aromatic carbocycles. The highest BCUT2D eigenvalue weighted by Gasteiger charge is 2.49. The fourth-order valence-corrected chi connectivity index (χ4v) is 4.22. The van der Waals surface area contributed by atoms with Gasteiger partial charge in [-0.05, 0) is 13.3 Å². The quantitative estimate of drug-likeness (QED) is 0.444. The van der Waals surface area contributed by atoms with Gasteiger partial charge in [0.05, 0.1) is 13.2 Å². The maximum absolute atomic E-state index is 12.6. The highest BCUT2D eigenvalue weighted by Crippen LogP contribution is 2.26. The van der Waals surface area contributed by atoms with Crippen LogP contribution in [-0.4, -0.2) is 109 Å². The molecule has 0 saturated carbocycles. The lowest BCUT2D eigenvalue weighted by Gasteiger charge is -2.40. The lowest BCUT2D eigenvalue weighted by Crippen LogP contribution is -2.64. The van der Waals surface area contributed by atoms with Gasteiger partial charge in [0.15, 0.2) is 18.2 Å². The number of esters is 1. The van der Waals surface area contributed by atoms with Gasteiger partial charge >= 0.3 is 12.0 Å². The normalized spacial score (nSPS) is 24.6. The predicted molar refractivity (Wildman–Crippen MR) is 112 cm³/mol. The highest BCUT2D eigenvalue weighted by molar-refractivity contribution is 6.03. The number of hydrogen-bond donors (Lipinski definition) is 1. The van der Waals surface area contributed by atoms with Crippen LogP contribution in [0.4, 0.5) is 4.79 Å². The van der Waals surface area contributed by atoms with Crippen LogP contribution in [0.5, 0.6) is 0 Å². The molecule has 168 valence electrons. The number of rotatable bonds is 8. The number of carbonyl (C=O) groups excluding carboxylic acids is 3. The molecule has 0 spiro atoms. The number of urea groups is 1. The minimum atomic E-state index is -0.495. The Bertz CT molecular complexity index is 676. The SMILES string of the molecule is CCCCCCN1C(N2CCN(CC(=O)OCC)CC2)=NC2C1C(=O)NC(=O)N2C. The third kappa shape index (κ3) is 4.85. The van der Waals surface area contributed by atoms with Gasteiger partial charge in [-0.2, -0.15) is 0 Å². The van der Waals surface area contributed by atoms with Gasteiger partial charge in [0.25, 0.3) is 5.91 Å². The van der Waals surface area contributed by atoms with Crippen LogP contribution < -0.4 is 5.32 Å². The summed E-state index contributed by atoms with van der Waals surface area (Å²) in [5.74, 6) is 0.303. The number of ether oxygens (including phenoxy) is 1. The minimum Gasteiger partial charge on any atom is -0.465 e. The zero-order valence-electron chi connectivity index (χ0n) is 18.3. The molecule has 10 heteroatoms. The average Bonchev–Trinajstić information content (AvgIpc) is 3.10. The van der Waals surface area contributed by atoms with Crippen LogP contribution in [-0.2, 0) is 14.3 Å². The van der Waals surface area contributed by atoms with Crippen LogP contribution in [0.25, 0.3) is 0 Å². The molecule has 0 aromatic rings. The van der Waals surface area contributed by atoms with Gasteiger partial charge in [-0.15, -0.1) is 0 Å². The Morgan fingerprint density at radius 3 is 2.53 bits per heavy atom. The van der Waals surface area contributed by atoms with Crippen molar-refractivity contribution in [2.75, 3.05) is 52.9 Å². The molecular weight excluding hydrogens is 388 g/mol. The monoisotopic (exact) mass is 422 g/mol. The number of aliphatic imine (C=N–C) groups is 1. The van der Waals surface area contributed by atoms with Gasteiger partial charge in [-0.1, -0.05) is 26.2 Å². The minimum absolute atomic E-state index is 0.204. The topological polar surface area (TPSA) is 97.8 Å². The van der Waals surface area contributed by atoms with Gasteiger partial charge < -0.3 is 19.4 Å². The first-order chi connectivity index (χ1) is 14.5. The lowest BCUT2D eigenvalue weighted by molar-refractivity contribution is -0.144. The van der Waals surface area contributed by atoms with Crippen molar-refractivity contribution in [2.45, 2.75) is 51.7 Å². The van der Waals surface area contributed by atoms with Gasteiger partial charge in [0.2, 0.25) is 0 Å². The summed E-state index contributed by atoms with van der Waals surface area (Å²) in [5, 5.41) is 2.45. The molecule has 3 heterocycles. The number of amides is 3. The molecule has 0 aliphatic carbocycles.